The highest BCUT2D eigenvalue weighted by Gasteiger charge is 2.34. The molecular formula is C14H15F3N2O. The standard InChI is InChI=1S/C14H15F3N2O/c15-14(16,17)10-19(12-7-3-4-8-18-12)13(20)9-11-5-1-2-6-11/h1,3-5,7-8,11H,2,6,9-10H2/t11-/m1/s1. The predicted octanol–water partition coefficient (Wildman–Crippen LogP) is 3.33. The van der Waals surface area contributed by atoms with E-state index in [-0.39, 0.29) is 18.2 Å². The number of carbonyl (C=O) groups is 1. The van der Waals surface area contributed by atoms with Gasteiger partial charge in [-0.25, -0.2) is 4.98 Å². The molecule has 0 fully saturated rings. The molecule has 20 heavy (non-hydrogen) atoms. The fraction of sp³-hybridized carbons (Fsp3) is 0.429. The van der Waals surface area contributed by atoms with Gasteiger partial charge in [0.1, 0.15) is 12.4 Å². The van der Waals surface area contributed by atoms with Crippen LogP contribution in [0, 0.1) is 5.92 Å². The molecule has 2 rings (SSSR count). The Morgan fingerprint density at radius 2 is 2.20 bits per heavy atom. The van der Waals surface area contributed by atoms with Gasteiger partial charge in [0.15, 0.2) is 0 Å². The molecule has 1 amide bonds. The lowest BCUT2D eigenvalue weighted by Crippen LogP contribution is -2.40. The zero-order valence-electron chi connectivity index (χ0n) is 10.8. The molecule has 0 aliphatic heterocycles. The van der Waals surface area contributed by atoms with E-state index in [2.05, 4.69) is 4.98 Å². The van der Waals surface area contributed by atoms with E-state index in [4.69, 9.17) is 0 Å². The van der Waals surface area contributed by atoms with E-state index in [1.165, 1.54) is 12.3 Å². The van der Waals surface area contributed by atoms with Crippen molar-refractivity contribution in [1.29, 1.82) is 0 Å². The smallest absolute Gasteiger partial charge is 0.288 e. The molecule has 1 aromatic heterocycles. The Hall–Kier alpha value is -1.85. The van der Waals surface area contributed by atoms with Crippen LogP contribution in [0.1, 0.15) is 19.3 Å². The Labute approximate surface area is 115 Å². The first-order valence-electron chi connectivity index (χ1n) is 6.40. The van der Waals surface area contributed by atoms with Crippen molar-refractivity contribution in [3.63, 3.8) is 0 Å². The van der Waals surface area contributed by atoms with Crippen LogP contribution in [-0.2, 0) is 4.79 Å². The summed E-state index contributed by atoms with van der Waals surface area (Å²) in [5.74, 6) is -0.476. The predicted molar refractivity (Wildman–Crippen MR) is 69.1 cm³/mol. The third kappa shape index (κ3) is 4.08. The summed E-state index contributed by atoms with van der Waals surface area (Å²) >= 11 is 0. The van der Waals surface area contributed by atoms with Crippen LogP contribution in [0.4, 0.5) is 19.0 Å². The van der Waals surface area contributed by atoms with Crippen molar-refractivity contribution in [2.45, 2.75) is 25.4 Å². The van der Waals surface area contributed by atoms with Crippen LogP contribution in [0.3, 0.4) is 0 Å². The van der Waals surface area contributed by atoms with Crippen molar-refractivity contribution in [2.24, 2.45) is 5.92 Å². The Bertz CT molecular complexity index is 485. The van der Waals surface area contributed by atoms with E-state index in [0.29, 0.717) is 4.90 Å². The number of amides is 1. The average Bonchev–Trinajstić information content (AvgIpc) is 2.89. The van der Waals surface area contributed by atoms with Crippen LogP contribution in [0.15, 0.2) is 36.5 Å². The first-order valence-corrected chi connectivity index (χ1v) is 6.40. The molecular weight excluding hydrogens is 269 g/mol. The number of anilines is 1. The van der Waals surface area contributed by atoms with E-state index in [1.54, 1.807) is 12.1 Å². The summed E-state index contributed by atoms with van der Waals surface area (Å²) in [6.45, 7) is -1.31. The van der Waals surface area contributed by atoms with Crippen LogP contribution < -0.4 is 4.90 Å². The largest absolute Gasteiger partial charge is 0.406 e. The summed E-state index contributed by atoms with van der Waals surface area (Å²) in [5, 5.41) is 0. The zero-order valence-corrected chi connectivity index (χ0v) is 10.8. The number of hydrogen-bond acceptors (Lipinski definition) is 2. The van der Waals surface area contributed by atoms with Gasteiger partial charge in [-0.2, -0.15) is 13.2 Å². The number of rotatable bonds is 4. The van der Waals surface area contributed by atoms with Gasteiger partial charge >= 0.3 is 6.18 Å². The molecule has 3 nitrogen and oxygen atoms in total. The molecule has 0 saturated heterocycles. The highest BCUT2D eigenvalue weighted by atomic mass is 19.4. The lowest BCUT2D eigenvalue weighted by atomic mass is 10.0. The third-order valence-electron chi connectivity index (χ3n) is 3.11. The molecule has 6 heteroatoms. The summed E-state index contributed by atoms with van der Waals surface area (Å²) in [6, 6.07) is 4.57. The van der Waals surface area contributed by atoms with Gasteiger partial charge in [0.25, 0.3) is 0 Å². The lowest BCUT2D eigenvalue weighted by molar-refractivity contribution is -0.132. The molecule has 0 radical (unpaired) electrons. The third-order valence-corrected chi connectivity index (χ3v) is 3.11. The van der Waals surface area contributed by atoms with E-state index >= 15 is 0 Å². The van der Waals surface area contributed by atoms with Crippen LogP contribution in [0.5, 0.6) is 0 Å². The normalized spacial score (nSPS) is 18.2. The summed E-state index contributed by atoms with van der Waals surface area (Å²) in [5.41, 5.74) is 0. The molecule has 1 aromatic rings. The van der Waals surface area contributed by atoms with Gasteiger partial charge in [0.2, 0.25) is 5.91 Å². The SMILES string of the molecule is O=C(C[C@@H]1C=CCC1)N(CC(F)(F)F)c1ccccn1. The Morgan fingerprint density at radius 1 is 1.40 bits per heavy atom. The van der Waals surface area contributed by atoms with Crippen molar-refractivity contribution in [3.8, 4) is 0 Å². The van der Waals surface area contributed by atoms with Crippen LogP contribution in [0.2, 0.25) is 0 Å². The minimum atomic E-state index is -4.45. The van der Waals surface area contributed by atoms with E-state index in [1.807, 2.05) is 12.2 Å². The second-order valence-corrected chi connectivity index (χ2v) is 4.75. The number of nitrogens with zero attached hydrogens (tertiary/aromatic N) is 2. The van der Waals surface area contributed by atoms with Crippen LogP contribution in [0.25, 0.3) is 0 Å². The van der Waals surface area contributed by atoms with E-state index in [0.717, 1.165) is 12.8 Å². The van der Waals surface area contributed by atoms with Crippen molar-refractivity contribution >= 4 is 11.7 Å². The Morgan fingerprint density at radius 3 is 2.75 bits per heavy atom. The molecule has 0 bridgehead atoms. The first-order chi connectivity index (χ1) is 9.46. The molecule has 1 aliphatic rings. The number of hydrogen-bond donors (Lipinski definition) is 0. The number of alkyl halides is 3. The number of aromatic nitrogens is 1. The molecule has 1 atom stereocenters. The van der Waals surface area contributed by atoms with E-state index < -0.39 is 18.6 Å². The minimum absolute atomic E-state index is 0.0296. The topological polar surface area (TPSA) is 33.2 Å². The maximum atomic E-state index is 12.6. The summed E-state index contributed by atoms with van der Waals surface area (Å²) in [6.07, 6.45) is 2.55. The fourth-order valence-electron chi connectivity index (χ4n) is 2.19. The van der Waals surface area contributed by atoms with Crippen molar-refractivity contribution in [3.05, 3.63) is 36.5 Å². The molecule has 0 spiro atoms. The van der Waals surface area contributed by atoms with Gasteiger partial charge in [-0.05, 0) is 30.9 Å². The van der Waals surface area contributed by atoms with Gasteiger partial charge in [-0.15, -0.1) is 0 Å². The number of allylic oxidation sites excluding steroid dienone is 2. The molecule has 108 valence electrons. The second kappa shape index (κ2) is 6.07. The molecule has 1 heterocycles. The summed E-state index contributed by atoms with van der Waals surface area (Å²) < 4.78 is 37.9. The Kier molecular flexibility index (Phi) is 4.42. The Balaban J connectivity index is 2.13. The monoisotopic (exact) mass is 284 g/mol. The maximum absolute atomic E-state index is 12.6. The van der Waals surface area contributed by atoms with Gasteiger partial charge in [0.05, 0.1) is 0 Å². The number of halogens is 3. The second-order valence-electron chi connectivity index (χ2n) is 4.75. The maximum Gasteiger partial charge on any atom is 0.406 e. The molecule has 0 aromatic carbocycles. The van der Waals surface area contributed by atoms with Crippen LogP contribution in [-0.4, -0.2) is 23.6 Å². The van der Waals surface area contributed by atoms with Crippen LogP contribution >= 0.6 is 0 Å². The molecule has 0 unspecified atom stereocenters. The average molecular weight is 284 g/mol. The fourth-order valence-corrected chi connectivity index (χ4v) is 2.19. The van der Waals surface area contributed by atoms with E-state index in [9.17, 15) is 18.0 Å². The summed E-state index contributed by atoms with van der Waals surface area (Å²) in [4.78, 5) is 16.7. The number of carbonyl (C=O) groups excluding carboxylic acids is 1. The lowest BCUT2D eigenvalue weighted by Gasteiger charge is -2.24. The van der Waals surface area contributed by atoms with Gasteiger partial charge in [-0.1, -0.05) is 18.2 Å². The molecule has 0 saturated carbocycles. The molecule has 1 aliphatic carbocycles. The van der Waals surface area contributed by atoms with Gasteiger partial charge < -0.3 is 0 Å². The van der Waals surface area contributed by atoms with Crippen molar-refractivity contribution < 1.29 is 18.0 Å². The van der Waals surface area contributed by atoms with Gasteiger partial charge in [-0.3, -0.25) is 9.69 Å². The number of pyridine rings is 1. The molecule has 0 N–H and O–H groups in total. The first kappa shape index (κ1) is 14.6. The van der Waals surface area contributed by atoms with Crippen molar-refractivity contribution in [1.82, 2.24) is 4.98 Å². The highest BCUT2D eigenvalue weighted by molar-refractivity contribution is 5.92. The summed E-state index contributed by atoms with van der Waals surface area (Å²) in [7, 11) is 0. The minimum Gasteiger partial charge on any atom is -0.288 e. The highest BCUT2D eigenvalue weighted by Crippen LogP contribution is 2.25. The van der Waals surface area contributed by atoms with Gasteiger partial charge in [0, 0.05) is 12.6 Å². The zero-order chi connectivity index (χ0) is 14.6. The van der Waals surface area contributed by atoms with Crippen molar-refractivity contribution in [2.75, 3.05) is 11.4 Å². The quantitative estimate of drug-likeness (QED) is 0.795.